The molecule has 2 aromatic heterocycles. The molecule has 102 valence electrons. The summed E-state index contributed by atoms with van der Waals surface area (Å²) in [7, 11) is 0. The first-order valence-electron chi connectivity index (χ1n) is 6.63. The van der Waals surface area contributed by atoms with E-state index in [1.807, 2.05) is 12.3 Å². The Kier molecular flexibility index (Phi) is 3.73. The van der Waals surface area contributed by atoms with E-state index >= 15 is 0 Å². The minimum absolute atomic E-state index is 0.341. The fourth-order valence-electron chi connectivity index (χ4n) is 2.82. The summed E-state index contributed by atoms with van der Waals surface area (Å²) in [6.07, 6.45) is 4.46. The predicted molar refractivity (Wildman–Crippen MR) is 83.0 cm³/mol. The highest BCUT2D eigenvalue weighted by molar-refractivity contribution is 9.10. The molecule has 0 aromatic carbocycles. The van der Waals surface area contributed by atoms with Crippen molar-refractivity contribution in [2.24, 2.45) is 0 Å². The second kappa shape index (κ2) is 5.34. The topological polar surface area (TPSA) is 36.9 Å². The van der Waals surface area contributed by atoms with Gasteiger partial charge in [0.05, 0.1) is 5.52 Å². The number of nitrogens with one attached hydrogen (secondary N) is 1. The number of nitrogens with zero attached hydrogens (tertiary/aromatic N) is 3. The molecule has 1 aliphatic heterocycles. The Morgan fingerprint density at radius 2 is 2.21 bits per heavy atom. The Morgan fingerprint density at radius 3 is 2.95 bits per heavy atom. The molecule has 19 heavy (non-hydrogen) atoms. The molecule has 1 atom stereocenters. The SMILES string of the molecule is CC(CN1CCCC1)n1c(=S)[nH]c2cc(Br)cnc21. The van der Waals surface area contributed by atoms with Crippen LogP contribution in [0.25, 0.3) is 11.2 Å². The number of likely N-dealkylation sites (tertiary alicyclic amines) is 1. The van der Waals surface area contributed by atoms with Crippen molar-refractivity contribution >= 4 is 39.3 Å². The van der Waals surface area contributed by atoms with E-state index in [2.05, 4.69) is 42.3 Å². The molecule has 3 heterocycles. The van der Waals surface area contributed by atoms with Crippen molar-refractivity contribution in [2.75, 3.05) is 19.6 Å². The molecule has 1 N–H and O–H groups in total. The lowest BCUT2D eigenvalue weighted by Gasteiger charge is -2.21. The van der Waals surface area contributed by atoms with Crippen LogP contribution >= 0.6 is 28.1 Å². The zero-order valence-corrected chi connectivity index (χ0v) is 13.3. The maximum absolute atomic E-state index is 5.45. The number of hydrogen-bond acceptors (Lipinski definition) is 3. The van der Waals surface area contributed by atoms with Crippen LogP contribution in [-0.4, -0.2) is 39.1 Å². The quantitative estimate of drug-likeness (QED) is 0.868. The molecule has 6 heteroatoms. The summed E-state index contributed by atoms with van der Waals surface area (Å²) >= 11 is 8.89. The first-order chi connectivity index (χ1) is 9.15. The second-order valence-electron chi connectivity index (χ2n) is 5.18. The summed E-state index contributed by atoms with van der Waals surface area (Å²) in [6.45, 7) is 5.67. The van der Waals surface area contributed by atoms with Crippen LogP contribution in [0.2, 0.25) is 0 Å². The van der Waals surface area contributed by atoms with E-state index in [1.165, 1.54) is 25.9 Å². The van der Waals surface area contributed by atoms with E-state index in [9.17, 15) is 0 Å². The maximum atomic E-state index is 5.45. The highest BCUT2D eigenvalue weighted by Gasteiger charge is 2.18. The second-order valence-corrected chi connectivity index (χ2v) is 6.48. The smallest absolute Gasteiger partial charge is 0.179 e. The van der Waals surface area contributed by atoms with Crippen molar-refractivity contribution in [1.29, 1.82) is 0 Å². The van der Waals surface area contributed by atoms with Gasteiger partial charge in [0.25, 0.3) is 0 Å². The predicted octanol–water partition coefficient (Wildman–Crippen LogP) is 3.51. The Balaban J connectivity index is 1.94. The molecule has 0 saturated carbocycles. The number of halogens is 1. The van der Waals surface area contributed by atoms with Gasteiger partial charge in [-0.1, -0.05) is 0 Å². The maximum Gasteiger partial charge on any atom is 0.179 e. The van der Waals surface area contributed by atoms with Crippen molar-refractivity contribution < 1.29 is 0 Å². The molecule has 1 unspecified atom stereocenters. The largest absolute Gasteiger partial charge is 0.329 e. The van der Waals surface area contributed by atoms with Crippen LogP contribution in [0.4, 0.5) is 0 Å². The van der Waals surface area contributed by atoms with E-state index in [-0.39, 0.29) is 0 Å². The summed E-state index contributed by atoms with van der Waals surface area (Å²) in [5, 5.41) is 0. The molecular weight excluding hydrogens is 324 g/mol. The number of fused-ring (bicyclic) bond motifs is 1. The third-order valence-electron chi connectivity index (χ3n) is 3.68. The van der Waals surface area contributed by atoms with Gasteiger partial charge < -0.3 is 9.88 Å². The van der Waals surface area contributed by atoms with Crippen LogP contribution in [-0.2, 0) is 0 Å². The van der Waals surface area contributed by atoms with Crippen LogP contribution in [0.15, 0.2) is 16.7 Å². The van der Waals surface area contributed by atoms with Gasteiger partial charge in [-0.15, -0.1) is 0 Å². The fraction of sp³-hybridized carbons (Fsp3) is 0.538. The van der Waals surface area contributed by atoms with Crippen LogP contribution in [0.1, 0.15) is 25.8 Å². The van der Waals surface area contributed by atoms with Gasteiger partial charge in [-0.3, -0.25) is 4.57 Å². The van der Waals surface area contributed by atoms with Crippen molar-refractivity contribution in [2.45, 2.75) is 25.8 Å². The lowest BCUT2D eigenvalue weighted by molar-refractivity contribution is 0.289. The van der Waals surface area contributed by atoms with Gasteiger partial charge in [0.15, 0.2) is 10.4 Å². The molecule has 0 aliphatic carbocycles. The van der Waals surface area contributed by atoms with Gasteiger partial charge >= 0.3 is 0 Å². The zero-order chi connectivity index (χ0) is 13.4. The van der Waals surface area contributed by atoms with E-state index in [0.29, 0.717) is 6.04 Å². The third-order valence-corrected chi connectivity index (χ3v) is 4.42. The summed E-state index contributed by atoms with van der Waals surface area (Å²) in [5.74, 6) is 0. The lowest BCUT2D eigenvalue weighted by atomic mass is 10.3. The normalized spacial score (nSPS) is 18.2. The van der Waals surface area contributed by atoms with Gasteiger partial charge in [0, 0.05) is 23.3 Å². The average molecular weight is 341 g/mol. The highest BCUT2D eigenvalue weighted by atomic mass is 79.9. The molecule has 0 bridgehead atoms. The van der Waals surface area contributed by atoms with Crippen molar-refractivity contribution in [3.05, 3.63) is 21.5 Å². The summed E-state index contributed by atoms with van der Waals surface area (Å²) < 4.78 is 3.86. The van der Waals surface area contributed by atoms with Crippen LogP contribution in [0, 0.1) is 4.77 Å². The molecule has 0 amide bonds. The number of rotatable bonds is 3. The Labute approximate surface area is 126 Å². The minimum atomic E-state index is 0.341. The fourth-order valence-corrected chi connectivity index (χ4v) is 3.52. The van der Waals surface area contributed by atoms with E-state index in [1.54, 1.807) is 0 Å². The van der Waals surface area contributed by atoms with Crippen LogP contribution in [0.5, 0.6) is 0 Å². The molecular formula is C13H17BrN4S. The number of imidazole rings is 1. The number of pyridine rings is 1. The van der Waals surface area contributed by atoms with Gasteiger partial charge in [0.1, 0.15) is 0 Å². The standard InChI is InChI=1S/C13H17BrN4S/c1-9(8-17-4-2-3-5-17)18-12-11(16-13(18)19)6-10(14)7-15-12/h6-7,9H,2-5,8H2,1H3,(H,16,19). The monoisotopic (exact) mass is 340 g/mol. The minimum Gasteiger partial charge on any atom is -0.329 e. The number of H-pyrrole nitrogens is 1. The van der Waals surface area contributed by atoms with Gasteiger partial charge in [-0.2, -0.15) is 0 Å². The molecule has 1 fully saturated rings. The van der Waals surface area contributed by atoms with Crippen LogP contribution < -0.4 is 0 Å². The third kappa shape index (κ3) is 2.61. The molecule has 0 spiro atoms. The highest BCUT2D eigenvalue weighted by Crippen LogP contribution is 2.22. The molecule has 1 saturated heterocycles. The summed E-state index contributed by atoms with van der Waals surface area (Å²) in [4.78, 5) is 10.2. The van der Waals surface area contributed by atoms with E-state index in [0.717, 1.165) is 27.0 Å². The van der Waals surface area contributed by atoms with Gasteiger partial charge in [0.2, 0.25) is 0 Å². The molecule has 2 aromatic rings. The van der Waals surface area contributed by atoms with Gasteiger partial charge in [-0.05, 0) is 67.1 Å². The summed E-state index contributed by atoms with van der Waals surface area (Å²) in [5.41, 5.74) is 1.94. The molecule has 1 aliphatic rings. The van der Waals surface area contributed by atoms with E-state index in [4.69, 9.17) is 12.2 Å². The number of aromatic amines is 1. The molecule has 4 nitrogen and oxygen atoms in total. The summed E-state index contributed by atoms with van der Waals surface area (Å²) in [6, 6.07) is 2.37. The Bertz CT molecular complexity index is 642. The Morgan fingerprint density at radius 1 is 1.47 bits per heavy atom. The Hall–Kier alpha value is -0.720. The number of aromatic nitrogens is 3. The van der Waals surface area contributed by atoms with Gasteiger partial charge in [-0.25, -0.2) is 4.98 Å². The first kappa shape index (κ1) is 13.3. The average Bonchev–Trinajstić information content (AvgIpc) is 2.95. The van der Waals surface area contributed by atoms with Crippen molar-refractivity contribution in [3.63, 3.8) is 0 Å². The zero-order valence-electron chi connectivity index (χ0n) is 10.9. The molecule has 3 rings (SSSR count). The van der Waals surface area contributed by atoms with Crippen LogP contribution in [0.3, 0.4) is 0 Å². The lowest BCUT2D eigenvalue weighted by Crippen LogP contribution is -2.27. The van der Waals surface area contributed by atoms with Crippen molar-refractivity contribution in [1.82, 2.24) is 19.4 Å². The number of hydrogen-bond donors (Lipinski definition) is 1. The van der Waals surface area contributed by atoms with E-state index < -0.39 is 0 Å². The van der Waals surface area contributed by atoms with Crippen molar-refractivity contribution in [3.8, 4) is 0 Å². The first-order valence-corrected chi connectivity index (χ1v) is 7.83. The molecule has 0 radical (unpaired) electrons.